The predicted molar refractivity (Wildman–Crippen MR) is 110 cm³/mol. The zero-order valence-electron chi connectivity index (χ0n) is 15.3. The molecule has 0 saturated heterocycles. The van der Waals surface area contributed by atoms with E-state index in [9.17, 15) is 9.18 Å². The van der Waals surface area contributed by atoms with Crippen molar-refractivity contribution in [1.29, 1.82) is 0 Å². The first-order chi connectivity index (χ1) is 13.5. The van der Waals surface area contributed by atoms with Crippen LogP contribution in [-0.2, 0) is 0 Å². The highest BCUT2D eigenvalue weighted by molar-refractivity contribution is 6.14. The van der Waals surface area contributed by atoms with E-state index in [1.54, 1.807) is 18.3 Å². The number of nitrogen functional groups attached to an aromatic ring is 1. The second kappa shape index (κ2) is 7.23. The molecule has 6 heteroatoms. The number of aryl methyl sites for hydroxylation is 1. The summed E-state index contributed by atoms with van der Waals surface area (Å²) in [6.07, 6.45) is 7.53. The van der Waals surface area contributed by atoms with Crippen LogP contribution in [-0.4, -0.2) is 22.0 Å². The maximum Gasteiger partial charge on any atom is 0.257 e. The van der Waals surface area contributed by atoms with Crippen LogP contribution < -0.4 is 11.1 Å². The summed E-state index contributed by atoms with van der Waals surface area (Å²) in [4.78, 5) is 21.1. The van der Waals surface area contributed by atoms with Crippen molar-refractivity contribution < 1.29 is 9.18 Å². The van der Waals surface area contributed by atoms with Crippen molar-refractivity contribution in [3.63, 3.8) is 0 Å². The van der Waals surface area contributed by atoms with Gasteiger partial charge in [0.05, 0.1) is 17.4 Å². The predicted octanol–water partition coefficient (Wildman–Crippen LogP) is 4.45. The van der Waals surface area contributed by atoms with E-state index in [2.05, 4.69) is 15.3 Å². The minimum atomic E-state index is -0.994. The third-order valence-corrected chi connectivity index (χ3v) is 4.74. The Hall–Kier alpha value is -3.54. The Morgan fingerprint density at radius 1 is 1.18 bits per heavy atom. The van der Waals surface area contributed by atoms with Crippen molar-refractivity contribution in [3.8, 4) is 0 Å². The number of nitrogens with one attached hydrogen (secondary N) is 1. The zero-order chi connectivity index (χ0) is 19.7. The number of carbonyl (C=O) groups is 1. The van der Waals surface area contributed by atoms with Crippen LogP contribution in [0, 0.1) is 6.92 Å². The van der Waals surface area contributed by atoms with Crippen molar-refractivity contribution in [1.82, 2.24) is 9.97 Å². The summed E-state index contributed by atoms with van der Waals surface area (Å²) in [5.74, 6) is 0.0358. The lowest BCUT2D eigenvalue weighted by molar-refractivity contribution is 0.102. The number of pyridine rings is 2. The number of halogens is 1. The van der Waals surface area contributed by atoms with Gasteiger partial charge in [-0.15, -0.1) is 0 Å². The standard InChI is InChI=1S/C22H19FN4O/c1-13-5-7-17(11-25-13)27-22(28)20-12-26-21(24)19-10-15(6-8-18(19)20)14-3-2-4-16(23)9-14/h2-8,10-12,16H,9H2,1H3,(H2,24,26)(H,27,28). The van der Waals surface area contributed by atoms with Crippen LogP contribution in [0.2, 0.25) is 0 Å². The van der Waals surface area contributed by atoms with Crippen molar-refractivity contribution in [3.05, 3.63) is 77.8 Å². The third kappa shape index (κ3) is 3.49. The van der Waals surface area contributed by atoms with Gasteiger partial charge in [0.1, 0.15) is 12.0 Å². The monoisotopic (exact) mass is 374 g/mol. The van der Waals surface area contributed by atoms with Gasteiger partial charge in [-0.2, -0.15) is 0 Å². The highest BCUT2D eigenvalue weighted by Crippen LogP contribution is 2.31. The van der Waals surface area contributed by atoms with Gasteiger partial charge in [0.15, 0.2) is 0 Å². The zero-order valence-corrected chi connectivity index (χ0v) is 15.3. The first kappa shape index (κ1) is 17.9. The summed E-state index contributed by atoms with van der Waals surface area (Å²) < 4.78 is 13.7. The Kier molecular flexibility index (Phi) is 4.61. The van der Waals surface area contributed by atoms with Gasteiger partial charge in [0.25, 0.3) is 5.91 Å². The van der Waals surface area contributed by atoms with Crippen LogP contribution in [0.1, 0.15) is 28.0 Å². The molecule has 1 aromatic carbocycles. The fourth-order valence-electron chi connectivity index (χ4n) is 3.24. The van der Waals surface area contributed by atoms with E-state index < -0.39 is 6.17 Å². The van der Waals surface area contributed by atoms with Crippen LogP contribution in [0.4, 0.5) is 15.9 Å². The van der Waals surface area contributed by atoms with Gasteiger partial charge in [0.2, 0.25) is 0 Å². The number of carbonyl (C=O) groups excluding carboxylic acids is 1. The summed E-state index contributed by atoms with van der Waals surface area (Å²) in [6.45, 7) is 1.88. The lowest BCUT2D eigenvalue weighted by Crippen LogP contribution is -2.13. The fraction of sp³-hybridized carbons (Fsp3) is 0.136. The molecule has 2 heterocycles. The largest absolute Gasteiger partial charge is 0.383 e. The molecule has 140 valence electrons. The van der Waals surface area contributed by atoms with E-state index in [1.807, 2.05) is 37.3 Å². The number of nitrogens with two attached hydrogens (primary N) is 1. The summed E-state index contributed by atoms with van der Waals surface area (Å²) in [5, 5.41) is 4.19. The number of aromatic nitrogens is 2. The normalized spacial score (nSPS) is 16.1. The Balaban J connectivity index is 1.71. The molecule has 0 fully saturated rings. The molecule has 2 aromatic heterocycles. The van der Waals surface area contributed by atoms with E-state index in [0.29, 0.717) is 34.3 Å². The molecule has 0 bridgehead atoms. The van der Waals surface area contributed by atoms with Crippen molar-refractivity contribution in [2.24, 2.45) is 0 Å². The molecule has 0 radical (unpaired) electrons. The third-order valence-electron chi connectivity index (χ3n) is 4.74. The summed E-state index contributed by atoms with van der Waals surface area (Å²) in [7, 11) is 0. The lowest BCUT2D eigenvalue weighted by atomic mass is 9.94. The molecular weight excluding hydrogens is 355 g/mol. The van der Waals surface area contributed by atoms with Gasteiger partial charge >= 0.3 is 0 Å². The number of alkyl halides is 1. The average molecular weight is 374 g/mol. The smallest absolute Gasteiger partial charge is 0.257 e. The number of hydrogen-bond donors (Lipinski definition) is 2. The van der Waals surface area contributed by atoms with E-state index in [4.69, 9.17) is 5.73 Å². The number of hydrogen-bond acceptors (Lipinski definition) is 4. The van der Waals surface area contributed by atoms with E-state index >= 15 is 0 Å². The van der Waals surface area contributed by atoms with Gasteiger partial charge < -0.3 is 11.1 Å². The summed E-state index contributed by atoms with van der Waals surface area (Å²) in [6, 6.07) is 9.19. The van der Waals surface area contributed by atoms with Gasteiger partial charge in [-0.05, 0) is 41.6 Å². The molecule has 4 rings (SSSR count). The minimum absolute atomic E-state index is 0.292. The Morgan fingerprint density at radius 2 is 2.04 bits per heavy atom. The maximum atomic E-state index is 13.7. The van der Waals surface area contributed by atoms with Crippen LogP contribution in [0.25, 0.3) is 16.3 Å². The second-order valence-corrected chi connectivity index (χ2v) is 6.76. The van der Waals surface area contributed by atoms with Crippen LogP contribution in [0.5, 0.6) is 0 Å². The first-order valence-electron chi connectivity index (χ1n) is 8.95. The molecule has 0 spiro atoms. The molecule has 3 aromatic rings. The van der Waals surface area contributed by atoms with Crippen LogP contribution in [0.15, 0.2) is 61.0 Å². The molecule has 3 N–H and O–H groups in total. The van der Waals surface area contributed by atoms with Gasteiger partial charge in [-0.1, -0.05) is 30.4 Å². The number of benzene rings is 1. The molecule has 1 aliphatic rings. The highest BCUT2D eigenvalue weighted by atomic mass is 19.1. The number of allylic oxidation sites excluding steroid dienone is 4. The molecule has 1 unspecified atom stereocenters. The SMILES string of the molecule is Cc1ccc(NC(=O)c2cnc(N)c3cc(C4=CC=CC(F)C4)ccc23)cn1. The van der Waals surface area contributed by atoms with Gasteiger partial charge in [-0.3, -0.25) is 9.78 Å². The second-order valence-electron chi connectivity index (χ2n) is 6.76. The number of fused-ring (bicyclic) bond motifs is 1. The maximum absolute atomic E-state index is 13.7. The number of amides is 1. The average Bonchev–Trinajstić information content (AvgIpc) is 2.70. The molecule has 1 aliphatic carbocycles. The van der Waals surface area contributed by atoms with Crippen molar-refractivity contribution in [2.75, 3.05) is 11.1 Å². The van der Waals surface area contributed by atoms with Gasteiger partial charge in [0, 0.05) is 23.7 Å². The van der Waals surface area contributed by atoms with Gasteiger partial charge in [-0.25, -0.2) is 9.37 Å². The molecule has 1 atom stereocenters. The molecule has 0 aliphatic heterocycles. The summed E-state index contributed by atoms with van der Waals surface area (Å²) >= 11 is 0. The minimum Gasteiger partial charge on any atom is -0.383 e. The fourth-order valence-corrected chi connectivity index (χ4v) is 3.24. The Bertz CT molecular complexity index is 1120. The van der Waals surface area contributed by atoms with E-state index in [0.717, 1.165) is 16.8 Å². The molecular formula is C22H19FN4O. The molecule has 5 nitrogen and oxygen atoms in total. The van der Waals surface area contributed by atoms with Crippen LogP contribution >= 0.6 is 0 Å². The van der Waals surface area contributed by atoms with Crippen molar-refractivity contribution in [2.45, 2.75) is 19.5 Å². The number of rotatable bonds is 3. The van der Waals surface area contributed by atoms with Crippen LogP contribution in [0.3, 0.4) is 0 Å². The Labute approximate surface area is 161 Å². The first-order valence-corrected chi connectivity index (χ1v) is 8.95. The van der Waals surface area contributed by atoms with Crippen molar-refractivity contribution >= 4 is 33.8 Å². The quantitative estimate of drug-likeness (QED) is 0.709. The Morgan fingerprint density at radius 3 is 2.79 bits per heavy atom. The molecule has 28 heavy (non-hydrogen) atoms. The van der Waals surface area contributed by atoms with E-state index in [-0.39, 0.29) is 5.91 Å². The molecule has 1 amide bonds. The lowest BCUT2D eigenvalue weighted by Gasteiger charge is -2.15. The number of anilines is 2. The highest BCUT2D eigenvalue weighted by Gasteiger charge is 2.16. The topological polar surface area (TPSA) is 80.9 Å². The number of nitrogens with zero attached hydrogens (tertiary/aromatic N) is 2. The van der Waals surface area contributed by atoms with E-state index in [1.165, 1.54) is 12.3 Å². The molecule has 0 saturated carbocycles. The summed E-state index contributed by atoms with van der Waals surface area (Å²) in [5.41, 5.74) is 9.70.